The molecule has 156 valence electrons. The number of hydrogen-bond acceptors (Lipinski definition) is 5. The SMILES string of the molecule is C=CC(C)=O.Cc1cc(N2NCCC2=O)ccc1Br.Cc1cc(NN)ccc1Br. The fraction of sp³-hybridized carbons (Fsp3) is 0.238. The van der Waals surface area contributed by atoms with E-state index in [9.17, 15) is 9.59 Å². The lowest BCUT2D eigenvalue weighted by atomic mass is 10.2. The highest BCUT2D eigenvalue weighted by molar-refractivity contribution is 9.10. The Morgan fingerprint density at radius 3 is 2.14 bits per heavy atom. The van der Waals surface area contributed by atoms with Crippen LogP contribution in [0, 0.1) is 13.8 Å². The highest BCUT2D eigenvalue weighted by atomic mass is 79.9. The molecule has 2 aromatic carbocycles. The number of ketones is 1. The fourth-order valence-electron chi connectivity index (χ4n) is 2.21. The van der Waals surface area contributed by atoms with Crippen molar-refractivity contribution < 1.29 is 9.59 Å². The van der Waals surface area contributed by atoms with Gasteiger partial charge in [0.2, 0.25) is 5.91 Å². The lowest BCUT2D eigenvalue weighted by molar-refractivity contribution is -0.117. The van der Waals surface area contributed by atoms with Crippen LogP contribution in [0.5, 0.6) is 0 Å². The number of nitrogen functional groups attached to an aromatic ring is 1. The number of hydrazine groups is 2. The minimum Gasteiger partial charge on any atom is -0.324 e. The molecule has 29 heavy (non-hydrogen) atoms. The normalized spacial score (nSPS) is 12.3. The van der Waals surface area contributed by atoms with Gasteiger partial charge in [-0.05, 0) is 74.4 Å². The summed E-state index contributed by atoms with van der Waals surface area (Å²) >= 11 is 6.82. The van der Waals surface area contributed by atoms with E-state index in [2.05, 4.69) is 49.3 Å². The molecule has 0 aromatic heterocycles. The molecule has 8 heteroatoms. The van der Waals surface area contributed by atoms with Gasteiger partial charge in [-0.1, -0.05) is 38.4 Å². The molecule has 1 saturated heterocycles. The van der Waals surface area contributed by atoms with Crippen molar-refractivity contribution in [2.45, 2.75) is 27.2 Å². The maximum atomic E-state index is 11.4. The molecule has 1 aliphatic heterocycles. The van der Waals surface area contributed by atoms with Crippen molar-refractivity contribution >= 4 is 54.9 Å². The van der Waals surface area contributed by atoms with Gasteiger partial charge in [-0.25, -0.2) is 10.4 Å². The molecule has 0 radical (unpaired) electrons. The Kier molecular flexibility index (Phi) is 10.8. The number of allylic oxidation sites excluding steroid dienone is 1. The first-order valence-corrected chi connectivity index (χ1v) is 10.5. The van der Waals surface area contributed by atoms with Gasteiger partial charge in [0.25, 0.3) is 0 Å². The Morgan fingerprint density at radius 1 is 1.17 bits per heavy atom. The number of anilines is 2. The summed E-state index contributed by atoms with van der Waals surface area (Å²) in [6, 6.07) is 11.7. The number of halogens is 2. The zero-order chi connectivity index (χ0) is 22.0. The van der Waals surface area contributed by atoms with E-state index in [-0.39, 0.29) is 11.7 Å². The Bertz CT molecular complexity index is 872. The van der Waals surface area contributed by atoms with E-state index in [0.29, 0.717) is 6.42 Å². The number of aryl methyl sites for hydroxylation is 2. The third-order valence-electron chi connectivity index (χ3n) is 3.87. The topological polar surface area (TPSA) is 87.5 Å². The predicted molar refractivity (Wildman–Crippen MR) is 127 cm³/mol. The Balaban J connectivity index is 0.000000245. The fourth-order valence-corrected chi connectivity index (χ4v) is 2.71. The summed E-state index contributed by atoms with van der Waals surface area (Å²) in [7, 11) is 0. The van der Waals surface area contributed by atoms with E-state index in [0.717, 1.165) is 32.4 Å². The molecule has 0 saturated carbocycles. The summed E-state index contributed by atoms with van der Waals surface area (Å²) in [5, 5.41) is 1.61. The molecule has 1 amide bonds. The van der Waals surface area contributed by atoms with Gasteiger partial charge in [0.15, 0.2) is 5.78 Å². The van der Waals surface area contributed by atoms with Crippen molar-refractivity contribution in [1.82, 2.24) is 5.43 Å². The molecule has 1 aliphatic rings. The highest BCUT2D eigenvalue weighted by Crippen LogP contribution is 2.23. The van der Waals surface area contributed by atoms with Crippen LogP contribution >= 0.6 is 31.9 Å². The first-order valence-electron chi connectivity index (χ1n) is 8.88. The maximum Gasteiger partial charge on any atom is 0.242 e. The van der Waals surface area contributed by atoms with E-state index in [1.54, 1.807) is 5.01 Å². The van der Waals surface area contributed by atoms with Crippen LogP contribution in [0.4, 0.5) is 11.4 Å². The number of amides is 1. The standard InChI is InChI=1S/C10H11BrN2O.C7H9BrN2.C4H6O/c1-7-6-8(2-3-9(7)11)13-10(14)4-5-12-13;1-5-4-6(10-9)2-3-7(5)8;1-3-4(2)5/h2-3,6,12H,4-5H2,1H3;2-4,10H,9H2,1H3;3H,1H2,2H3. The van der Waals surface area contributed by atoms with Crippen LogP contribution in [-0.4, -0.2) is 18.2 Å². The van der Waals surface area contributed by atoms with Crippen molar-refractivity contribution in [3.8, 4) is 0 Å². The highest BCUT2D eigenvalue weighted by Gasteiger charge is 2.21. The van der Waals surface area contributed by atoms with E-state index in [4.69, 9.17) is 5.84 Å². The number of hydrogen-bond donors (Lipinski definition) is 3. The Labute approximate surface area is 188 Å². The summed E-state index contributed by atoms with van der Waals surface area (Å²) in [6.45, 7) is 9.43. The van der Waals surface area contributed by atoms with Crippen LogP contribution in [0.15, 0.2) is 58.0 Å². The van der Waals surface area contributed by atoms with E-state index in [1.165, 1.54) is 18.6 Å². The number of carbonyl (C=O) groups is 2. The molecule has 0 aliphatic carbocycles. The molecule has 2 aromatic rings. The van der Waals surface area contributed by atoms with Gasteiger partial charge < -0.3 is 5.43 Å². The molecule has 0 bridgehead atoms. The maximum absolute atomic E-state index is 11.4. The summed E-state index contributed by atoms with van der Waals surface area (Å²) in [5.74, 6) is 5.35. The lowest BCUT2D eigenvalue weighted by Gasteiger charge is -2.16. The molecule has 6 nitrogen and oxygen atoms in total. The van der Waals surface area contributed by atoms with Gasteiger partial charge in [-0.2, -0.15) is 0 Å². The lowest BCUT2D eigenvalue weighted by Crippen LogP contribution is -2.33. The molecule has 0 unspecified atom stereocenters. The van der Waals surface area contributed by atoms with Crippen LogP contribution in [-0.2, 0) is 9.59 Å². The quantitative estimate of drug-likeness (QED) is 0.304. The molecule has 1 heterocycles. The summed E-state index contributed by atoms with van der Waals surface area (Å²) in [4.78, 5) is 21.1. The zero-order valence-corrected chi connectivity index (χ0v) is 19.9. The van der Waals surface area contributed by atoms with Gasteiger partial charge in [0.05, 0.1) is 5.69 Å². The van der Waals surface area contributed by atoms with Crippen molar-refractivity contribution in [1.29, 1.82) is 0 Å². The van der Waals surface area contributed by atoms with Gasteiger partial charge >= 0.3 is 0 Å². The van der Waals surface area contributed by atoms with Gasteiger partial charge in [-0.3, -0.25) is 15.4 Å². The second-order valence-corrected chi connectivity index (χ2v) is 7.95. The predicted octanol–water partition coefficient (Wildman–Crippen LogP) is 4.80. The van der Waals surface area contributed by atoms with E-state index in [1.807, 2.05) is 50.2 Å². The molecular weight excluding hydrogens is 500 g/mol. The van der Waals surface area contributed by atoms with Gasteiger partial charge in [-0.15, -0.1) is 0 Å². The monoisotopic (exact) mass is 524 g/mol. The number of benzene rings is 2. The summed E-state index contributed by atoms with van der Waals surface area (Å²) in [5.41, 5.74) is 9.76. The van der Waals surface area contributed by atoms with Crippen LogP contribution in [0.2, 0.25) is 0 Å². The number of nitrogens with one attached hydrogen (secondary N) is 2. The number of nitrogens with zero attached hydrogens (tertiary/aromatic N) is 1. The Morgan fingerprint density at radius 2 is 1.72 bits per heavy atom. The number of carbonyl (C=O) groups excluding carboxylic acids is 2. The van der Waals surface area contributed by atoms with Gasteiger partial charge in [0, 0.05) is 27.6 Å². The number of rotatable bonds is 3. The Hall–Kier alpha value is -2.00. The first kappa shape index (κ1) is 25.0. The third kappa shape index (κ3) is 8.49. The minimum atomic E-state index is 0.0185. The van der Waals surface area contributed by atoms with Gasteiger partial charge in [0.1, 0.15) is 0 Å². The second-order valence-electron chi connectivity index (χ2n) is 6.24. The van der Waals surface area contributed by atoms with Crippen molar-refractivity contribution in [2.75, 3.05) is 17.0 Å². The largest absolute Gasteiger partial charge is 0.324 e. The zero-order valence-electron chi connectivity index (χ0n) is 16.8. The molecule has 4 N–H and O–H groups in total. The molecule has 1 fully saturated rings. The number of nitrogens with two attached hydrogens (primary N) is 1. The van der Waals surface area contributed by atoms with Crippen molar-refractivity contribution in [2.24, 2.45) is 5.84 Å². The molecule has 0 spiro atoms. The van der Waals surface area contributed by atoms with Crippen LogP contribution in [0.25, 0.3) is 0 Å². The molecule has 3 rings (SSSR count). The second kappa shape index (κ2) is 12.5. The third-order valence-corrected chi connectivity index (χ3v) is 5.65. The van der Waals surface area contributed by atoms with Crippen LogP contribution in [0.1, 0.15) is 24.5 Å². The minimum absolute atomic E-state index is 0.0185. The smallest absolute Gasteiger partial charge is 0.242 e. The summed E-state index contributed by atoms with van der Waals surface area (Å²) < 4.78 is 2.17. The van der Waals surface area contributed by atoms with E-state index < -0.39 is 0 Å². The van der Waals surface area contributed by atoms with Crippen LogP contribution in [0.3, 0.4) is 0 Å². The average molecular weight is 526 g/mol. The molecular formula is C21H26Br2N4O2. The average Bonchev–Trinajstić information content (AvgIpc) is 3.13. The first-order chi connectivity index (χ1) is 13.7. The van der Waals surface area contributed by atoms with E-state index >= 15 is 0 Å². The van der Waals surface area contributed by atoms with Crippen LogP contribution < -0.4 is 21.7 Å². The summed E-state index contributed by atoms with van der Waals surface area (Å²) in [6.07, 6.45) is 1.86. The molecule has 0 atom stereocenters. The van der Waals surface area contributed by atoms with Crippen molar-refractivity contribution in [3.63, 3.8) is 0 Å². The van der Waals surface area contributed by atoms with Crippen molar-refractivity contribution in [3.05, 3.63) is 69.1 Å².